The molecule has 1 saturated heterocycles. The predicted octanol–water partition coefficient (Wildman–Crippen LogP) is 1.06. The maximum absolute atomic E-state index is 12.0. The molecule has 0 spiro atoms. The van der Waals surface area contributed by atoms with E-state index in [1.54, 1.807) is 0 Å². The first kappa shape index (κ1) is 20.1. The van der Waals surface area contributed by atoms with Crippen molar-refractivity contribution in [1.29, 1.82) is 0 Å². The Kier molecular flexibility index (Phi) is 5.64. The SMILES string of the molecule is CC1(C)NC(=O)N(CC(=O)OCC(=O)Nc2ccc(Cl)c([N+](=O)[O-])c2)C1=O. The van der Waals surface area contributed by atoms with Crippen LogP contribution in [0.3, 0.4) is 0 Å². The number of carbonyl (C=O) groups excluding carboxylic acids is 4. The van der Waals surface area contributed by atoms with E-state index < -0.39 is 53.1 Å². The second kappa shape index (κ2) is 7.58. The topological polar surface area (TPSA) is 148 Å². The van der Waals surface area contributed by atoms with Crippen LogP contribution < -0.4 is 10.6 Å². The first-order chi connectivity index (χ1) is 12.5. The molecule has 1 heterocycles. The van der Waals surface area contributed by atoms with Gasteiger partial charge >= 0.3 is 12.0 Å². The smallest absolute Gasteiger partial charge is 0.326 e. The zero-order valence-corrected chi connectivity index (χ0v) is 15.0. The summed E-state index contributed by atoms with van der Waals surface area (Å²) in [5, 5.41) is 15.4. The summed E-state index contributed by atoms with van der Waals surface area (Å²) in [6.45, 7) is 1.62. The molecule has 0 atom stereocenters. The molecule has 11 nitrogen and oxygen atoms in total. The van der Waals surface area contributed by atoms with Gasteiger partial charge in [0.25, 0.3) is 17.5 Å². The monoisotopic (exact) mass is 398 g/mol. The largest absolute Gasteiger partial charge is 0.454 e. The summed E-state index contributed by atoms with van der Waals surface area (Å²) >= 11 is 5.67. The van der Waals surface area contributed by atoms with Gasteiger partial charge in [-0.1, -0.05) is 11.6 Å². The number of ether oxygens (including phenoxy) is 1. The summed E-state index contributed by atoms with van der Waals surface area (Å²) in [5.74, 6) is -2.33. The number of nitrogens with one attached hydrogen (secondary N) is 2. The average molecular weight is 399 g/mol. The van der Waals surface area contributed by atoms with Gasteiger partial charge in [-0.2, -0.15) is 0 Å². The lowest BCUT2D eigenvalue weighted by molar-refractivity contribution is -0.384. The Balaban J connectivity index is 1.88. The van der Waals surface area contributed by atoms with Crippen molar-refractivity contribution in [3.8, 4) is 0 Å². The molecule has 1 aromatic rings. The van der Waals surface area contributed by atoms with E-state index in [2.05, 4.69) is 10.6 Å². The van der Waals surface area contributed by atoms with Crippen molar-refractivity contribution in [3.05, 3.63) is 33.3 Å². The molecule has 0 unspecified atom stereocenters. The highest BCUT2D eigenvalue weighted by molar-refractivity contribution is 6.32. The third kappa shape index (κ3) is 4.70. The fourth-order valence-corrected chi connectivity index (χ4v) is 2.40. The van der Waals surface area contributed by atoms with E-state index in [1.165, 1.54) is 26.0 Å². The molecule has 2 rings (SSSR count). The number of amides is 4. The van der Waals surface area contributed by atoms with Gasteiger partial charge in [-0.3, -0.25) is 29.4 Å². The first-order valence-corrected chi connectivity index (χ1v) is 7.92. The number of urea groups is 1. The molecular weight excluding hydrogens is 384 g/mol. The Morgan fingerprint density at radius 1 is 1.37 bits per heavy atom. The van der Waals surface area contributed by atoms with E-state index in [9.17, 15) is 29.3 Å². The Hall–Kier alpha value is -3.21. The molecule has 1 fully saturated rings. The number of carbonyl (C=O) groups is 4. The summed E-state index contributed by atoms with van der Waals surface area (Å²) in [5.41, 5.74) is -1.44. The zero-order chi connectivity index (χ0) is 20.4. The molecule has 12 heteroatoms. The number of hydrogen-bond acceptors (Lipinski definition) is 7. The van der Waals surface area contributed by atoms with Crippen LogP contribution in [0.4, 0.5) is 16.2 Å². The van der Waals surface area contributed by atoms with Crippen LogP contribution in [0.25, 0.3) is 0 Å². The molecule has 144 valence electrons. The zero-order valence-electron chi connectivity index (χ0n) is 14.3. The van der Waals surface area contributed by atoms with Crippen molar-refractivity contribution in [2.75, 3.05) is 18.5 Å². The number of nitro benzene ring substituents is 1. The van der Waals surface area contributed by atoms with Crippen LogP contribution >= 0.6 is 11.6 Å². The lowest BCUT2D eigenvalue weighted by atomic mass is 10.1. The highest BCUT2D eigenvalue weighted by Gasteiger charge is 2.45. The van der Waals surface area contributed by atoms with Crippen molar-refractivity contribution in [1.82, 2.24) is 10.2 Å². The fourth-order valence-electron chi connectivity index (χ4n) is 2.21. The molecule has 0 radical (unpaired) electrons. The number of halogens is 1. The minimum Gasteiger partial charge on any atom is -0.454 e. The van der Waals surface area contributed by atoms with Crippen molar-refractivity contribution in [3.63, 3.8) is 0 Å². The molecule has 0 aliphatic carbocycles. The molecule has 4 amide bonds. The van der Waals surface area contributed by atoms with Gasteiger partial charge in [0.1, 0.15) is 17.1 Å². The van der Waals surface area contributed by atoms with Gasteiger partial charge in [0.05, 0.1) is 4.92 Å². The molecule has 0 saturated carbocycles. The molecule has 27 heavy (non-hydrogen) atoms. The lowest BCUT2D eigenvalue weighted by Crippen LogP contribution is -2.41. The maximum atomic E-state index is 12.0. The van der Waals surface area contributed by atoms with Crippen LogP contribution in [0.1, 0.15) is 13.8 Å². The summed E-state index contributed by atoms with van der Waals surface area (Å²) in [6.07, 6.45) is 0. The van der Waals surface area contributed by atoms with Crippen molar-refractivity contribution in [2.45, 2.75) is 19.4 Å². The number of imide groups is 1. The number of benzene rings is 1. The standard InChI is InChI=1S/C15H15ClN4O7/c1-15(2)13(23)19(14(24)18-15)6-12(22)27-7-11(21)17-8-3-4-9(16)10(5-8)20(25)26/h3-5H,6-7H2,1-2H3,(H,17,21)(H,18,24). The normalized spacial score (nSPS) is 15.3. The van der Waals surface area contributed by atoms with Gasteiger partial charge in [0.15, 0.2) is 6.61 Å². The van der Waals surface area contributed by atoms with Crippen molar-refractivity contribution < 1.29 is 28.8 Å². The second-order valence-electron chi connectivity index (χ2n) is 6.08. The van der Waals surface area contributed by atoms with E-state index >= 15 is 0 Å². The number of rotatable bonds is 6. The number of nitrogens with zero attached hydrogens (tertiary/aromatic N) is 2. The molecule has 1 aliphatic heterocycles. The Bertz CT molecular complexity index is 839. The van der Waals surface area contributed by atoms with Crippen molar-refractivity contribution in [2.24, 2.45) is 0 Å². The lowest BCUT2D eigenvalue weighted by Gasteiger charge is -2.15. The highest BCUT2D eigenvalue weighted by Crippen LogP contribution is 2.27. The van der Waals surface area contributed by atoms with Gasteiger partial charge in [-0.25, -0.2) is 4.79 Å². The summed E-state index contributed by atoms with van der Waals surface area (Å²) in [4.78, 5) is 58.0. The van der Waals surface area contributed by atoms with Crippen LogP contribution in [0.15, 0.2) is 18.2 Å². The van der Waals surface area contributed by atoms with Crippen molar-refractivity contribution >= 4 is 46.8 Å². The number of hydrogen-bond donors (Lipinski definition) is 2. The van der Waals surface area contributed by atoms with Crippen LogP contribution in [-0.2, 0) is 19.1 Å². The average Bonchev–Trinajstić information content (AvgIpc) is 2.76. The minimum atomic E-state index is -1.13. The summed E-state index contributed by atoms with van der Waals surface area (Å²) in [6, 6.07) is 2.89. The fraction of sp³-hybridized carbons (Fsp3) is 0.333. The molecule has 0 aromatic heterocycles. The predicted molar refractivity (Wildman–Crippen MR) is 92.0 cm³/mol. The minimum absolute atomic E-state index is 0.0861. The second-order valence-corrected chi connectivity index (χ2v) is 6.49. The van der Waals surface area contributed by atoms with E-state index in [0.29, 0.717) is 4.90 Å². The molecule has 0 bridgehead atoms. The first-order valence-electron chi connectivity index (χ1n) is 7.55. The molecule has 2 N–H and O–H groups in total. The van der Waals surface area contributed by atoms with Gasteiger partial charge in [0.2, 0.25) is 0 Å². The molecular formula is C15H15ClN4O7. The van der Waals surface area contributed by atoms with Crippen LogP contribution in [0.2, 0.25) is 5.02 Å². The van der Waals surface area contributed by atoms with Gasteiger partial charge in [-0.05, 0) is 26.0 Å². The quantitative estimate of drug-likeness (QED) is 0.315. The van der Waals surface area contributed by atoms with Gasteiger partial charge < -0.3 is 15.4 Å². The third-order valence-corrected chi connectivity index (χ3v) is 3.84. The number of anilines is 1. The molecule has 1 aliphatic rings. The number of esters is 1. The van der Waals surface area contributed by atoms with Gasteiger partial charge in [-0.15, -0.1) is 0 Å². The maximum Gasteiger partial charge on any atom is 0.326 e. The number of nitro groups is 1. The van der Waals surface area contributed by atoms with Gasteiger partial charge in [0, 0.05) is 11.8 Å². The van der Waals surface area contributed by atoms with E-state index in [1.807, 2.05) is 0 Å². The highest BCUT2D eigenvalue weighted by atomic mass is 35.5. The van der Waals surface area contributed by atoms with E-state index in [4.69, 9.17) is 16.3 Å². The van der Waals surface area contributed by atoms with E-state index in [-0.39, 0.29) is 10.7 Å². The van der Waals surface area contributed by atoms with E-state index in [0.717, 1.165) is 6.07 Å². The summed E-state index contributed by atoms with van der Waals surface area (Å²) < 4.78 is 4.72. The van der Waals surface area contributed by atoms with Crippen LogP contribution in [0.5, 0.6) is 0 Å². The Morgan fingerprint density at radius 3 is 2.59 bits per heavy atom. The Morgan fingerprint density at radius 2 is 2.04 bits per heavy atom. The Labute approximate surface area is 157 Å². The summed E-state index contributed by atoms with van der Waals surface area (Å²) in [7, 11) is 0. The van der Waals surface area contributed by atoms with Crippen LogP contribution in [-0.4, -0.2) is 52.3 Å². The van der Waals surface area contributed by atoms with Crippen LogP contribution in [0, 0.1) is 10.1 Å². The molecule has 1 aromatic carbocycles. The third-order valence-electron chi connectivity index (χ3n) is 3.52.